The fourth-order valence-electron chi connectivity index (χ4n) is 2.01. The van der Waals surface area contributed by atoms with E-state index >= 15 is 0 Å². The molecule has 1 aromatic carbocycles. The average molecular weight is 419 g/mol. The van der Waals surface area contributed by atoms with Crippen molar-refractivity contribution >= 4 is 44.3 Å². The lowest BCUT2D eigenvalue weighted by atomic mass is 10.0. The first-order chi connectivity index (χ1) is 8.65. The molecule has 0 amide bonds. The van der Waals surface area contributed by atoms with Gasteiger partial charge in [0.2, 0.25) is 5.78 Å². The molecule has 0 spiro atoms. The molecule has 18 heavy (non-hydrogen) atoms. The first-order valence-corrected chi connectivity index (χ1v) is 7.27. The highest BCUT2D eigenvalue weighted by molar-refractivity contribution is 14.1. The van der Waals surface area contributed by atoms with Crippen LogP contribution in [0.4, 0.5) is 0 Å². The van der Waals surface area contributed by atoms with Crippen molar-refractivity contribution in [3.8, 4) is 5.75 Å². The zero-order valence-electron chi connectivity index (χ0n) is 9.20. The molecule has 2 aromatic rings. The summed E-state index contributed by atoms with van der Waals surface area (Å²) in [6.07, 6.45) is 0.855. The molecule has 0 saturated carbocycles. The quantitative estimate of drug-likeness (QED) is 0.549. The molecule has 0 unspecified atom stereocenters. The highest BCUT2D eigenvalue weighted by atomic mass is 127. The van der Waals surface area contributed by atoms with Crippen LogP contribution in [-0.2, 0) is 6.42 Å². The van der Waals surface area contributed by atoms with Crippen LogP contribution in [0.3, 0.4) is 0 Å². The molecule has 1 aromatic heterocycles. The van der Waals surface area contributed by atoms with Crippen LogP contribution >= 0.6 is 38.5 Å². The molecule has 0 saturated heterocycles. The standard InChI is InChI=1S/C13H8BrIO3/c14-11-2-1-10(18-11)12(16)9-6-8(15)5-7-3-4-17-13(7)9/h1-2,5-6H,3-4H2. The Balaban J connectivity index is 2.10. The highest BCUT2D eigenvalue weighted by Gasteiger charge is 2.24. The summed E-state index contributed by atoms with van der Waals surface area (Å²) in [5, 5.41) is 0. The van der Waals surface area contributed by atoms with Crippen molar-refractivity contribution in [1.29, 1.82) is 0 Å². The zero-order chi connectivity index (χ0) is 12.7. The maximum absolute atomic E-state index is 12.4. The van der Waals surface area contributed by atoms with Gasteiger partial charge in [0.15, 0.2) is 10.4 Å². The molecule has 92 valence electrons. The Kier molecular flexibility index (Phi) is 3.19. The maximum atomic E-state index is 12.4. The van der Waals surface area contributed by atoms with E-state index in [4.69, 9.17) is 9.15 Å². The smallest absolute Gasteiger partial charge is 0.231 e. The van der Waals surface area contributed by atoms with Gasteiger partial charge in [-0.2, -0.15) is 0 Å². The van der Waals surface area contributed by atoms with Gasteiger partial charge in [-0.3, -0.25) is 4.79 Å². The second kappa shape index (κ2) is 4.70. The Bertz CT molecular complexity index is 633. The number of halogens is 2. The molecule has 0 aliphatic carbocycles. The SMILES string of the molecule is O=C(c1ccc(Br)o1)c1cc(I)cc2c1OCC2. The van der Waals surface area contributed by atoms with E-state index in [0.717, 1.165) is 15.6 Å². The van der Waals surface area contributed by atoms with E-state index in [0.29, 0.717) is 28.3 Å². The summed E-state index contributed by atoms with van der Waals surface area (Å²) in [6, 6.07) is 7.26. The van der Waals surface area contributed by atoms with E-state index in [1.54, 1.807) is 12.1 Å². The molecular weight excluding hydrogens is 411 g/mol. The Labute approximate surface area is 126 Å². The van der Waals surface area contributed by atoms with E-state index < -0.39 is 0 Å². The lowest BCUT2D eigenvalue weighted by molar-refractivity contribution is 0.100. The molecule has 0 bridgehead atoms. The van der Waals surface area contributed by atoms with Crippen LogP contribution in [0.5, 0.6) is 5.75 Å². The van der Waals surface area contributed by atoms with Crippen molar-refractivity contribution in [2.24, 2.45) is 0 Å². The van der Waals surface area contributed by atoms with Gasteiger partial charge in [-0.15, -0.1) is 0 Å². The van der Waals surface area contributed by atoms with Crippen LogP contribution in [0.1, 0.15) is 21.7 Å². The largest absolute Gasteiger partial charge is 0.492 e. The van der Waals surface area contributed by atoms with Crippen molar-refractivity contribution < 1.29 is 13.9 Å². The van der Waals surface area contributed by atoms with Crippen LogP contribution in [-0.4, -0.2) is 12.4 Å². The van der Waals surface area contributed by atoms with Crippen LogP contribution in [0, 0.1) is 3.57 Å². The summed E-state index contributed by atoms with van der Waals surface area (Å²) in [4.78, 5) is 12.4. The van der Waals surface area contributed by atoms with E-state index in [9.17, 15) is 4.79 Å². The number of ketones is 1. The molecule has 0 radical (unpaired) electrons. The number of ether oxygens (including phenoxy) is 1. The molecular formula is C13H8BrIO3. The number of fused-ring (bicyclic) bond motifs is 1. The number of furan rings is 1. The van der Waals surface area contributed by atoms with E-state index in [-0.39, 0.29) is 5.78 Å². The molecule has 0 N–H and O–H groups in total. The number of carbonyl (C=O) groups is 1. The summed E-state index contributed by atoms with van der Waals surface area (Å²) < 4.78 is 12.4. The number of carbonyl (C=O) groups excluding carboxylic acids is 1. The Morgan fingerprint density at radius 2 is 2.17 bits per heavy atom. The molecule has 3 rings (SSSR count). The summed E-state index contributed by atoms with van der Waals surface area (Å²) in [7, 11) is 0. The number of benzene rings is 1. The predicted molar refractivity (Wildman–Crippen MR) is 78.2 cm³/mol. The second-order valence-corrected chi connectivity index (χ2v) is 6.00. The van der Waals surface area contributed by atoms with Gasteiger partial charge in [0, 0.05) is 9.99 Å². The van der Waals surface area contributed by atoms with Gasteiger partial charge in [-0.05, 0) is 68.3 Å². The highest BCUT2D eigenvalue weighted by Crippen LogP contribution is 2.33. The van der Waals surface area contributed by atoms with Crippen molar-refractivity contribution in [3.05, 3.63) is 49.4 Å². The molecule has 0 atom stereocenters. The Hall–Kier alpha value is -0.820. The lowest BCUT2D eigenvalue weighted by Crippen LogP contribution is -2.03. The molecule has 1 aliphatic heterocycles. The van der Waals surface area contributed by atoms with Gasteiger partial charge >= 0.3 is 0 Å². The predicted octanol–water partition coefficient (Wildman–Crippen LogP) is 3.81. The van der Waals surface area contributed by atoms with Gasteiger partial charge in [-0.25, -0.2) is 0 Å². The molecule has 0 fully saturated rings. The van der Waals surface area contributed by atoms with Gasteiger partial charge < -0.3 is 9.15 Å². The van der Waals surface area contributed by atoms with Crippen LogP contribution in [0.15, 0.2) is 33.4 Å². The maximum Gasteiger partial charge on any atom is 0.231 e. The van der Waals surface area contributed by atoms with Gasteiger partial charge in [0.05, 0.1) is 12.2 Å². The summed E-state index contributed by atoms with van der Waals surface area (Å²) in [6.45, 7) is 0.636. The topological polar surface area (TPSA) is 39.4 Å². The normalized spacial score (nSPS) is 13.2. The van der Waals surface area contributed by atoms with Crippen LogP contribution in [0.25, 0.3) is 0 Å². The summed E-state index contributed by atoms with van der Waals surface area (Å²) >= 11 is 5.41. The third kappa shape index (κ3) is 2.09. The minimum Gasteiger partial charge on any atom is -0.492 e. The van der Waals surface area contributed by atoms with E-state index in [2.05, 4.69) is 44.6 Å². The fraction of sp³-hybridized carbons (Fsp3) is 0.154. The van der Waals surface area contributed by atoms with Gasteiger partial charge in [-0.1, -0.05) is 0 Å². The second-order valence-electron chi connectivity index (χ2n) is 3.97. The van der Waals surface area contributed by atoms with Crippen LogP contribution < -0.4 is 4.74 Å². The van der Waals surface area contributed by atoms with Crippen molar-refractivity contribution in [2.75, 3.05) is 6.61 Å². The van der Waals surface area contributed by atoms with Gasteiger partial charge in [0.25, 0.3) is 0 Å². The van der Waals surface area contributed by atoms with Crippen molar-refractivity contribution in [1.82, 2.24) is 0 Å². The molecule has 2 heterocycles. The molecule has 5 heteroatoms. The first-order valence-electron chi connectivity index (χ1n) is 5.40. The third-order valence-corrected chi connectivity index (χ3v) is 3.84. The van der Waals surface area contributed by atoms with E-state index in [1.165, 1.54) is 0 Å². The monoisotopic (exact) mass is 418 g/mol. The molecule has 3 nitrogen and oxygen atoms in total. The summed E-state index contributed by atoms with van der Waals surface area (Å²) in [5.41, 5.74) is 1.67. The number of rotatable bonds is 2. The average Bonchev–Trinajstić information content (AvgIpc) is 2.95. The van der Waals surface area contributed by atoms with Gasteiger partial charge in [0.1, 0.15) is 5.75 Å². The minimum atomic E-state index is -0.141. The Morgan fingerprint density at radius 3 is 2.89 bits per heavy atom. The first kappa shape index (κ1) is 12.2. The number of hydrogen-bond acceptors (Lipinski definition) is 3. The third-order valence-electron chi connectivity index (χ3n) is 2.79. The molecule has 1 aliphatic rings. The van der Waals surface area contributed by atoms with Crippen molar-refractivity contribution in [2.45, 2.75) is 6.42 Å². The summed E-state index contributed by atoms with van der Waals surface area (Å²) in [5.74, 6) is 0.881. The minimum absolute atomic E-state index is 0.141. The number of hydrogen-bond donors (Lipinski definition) is 0. The Morgan fingerprint density at radius 1 is 1.33 bits per heavy atom. The van der Waals surface area contributed by atoms with Crippen LogP contribution in [0.2, 0.25) is 0 Å². The fourth-order valence-corrected chi connectivity index (χ4v) is 3.00. The van der Waals surface area contributed by atoms with Crippen molar-refractivity contribution in [3.63, 3.8) is 0 Å². The van der Waals surface area contributed by atoms with E-state index in [1.807, 2.05) is 6.07 Å². The zero-order valence-corrected chi connectivity index (χ0v) is 12.9. The lowest BCUT2D eigenvalue weighted by Gasteiger charge is -2.06.